The van der Waals surface area contributed by atoms with Crippen molar-refractivity contribution >= 4 is 17.5 Å². The van der Waals surface area contributed by atoms with Crippen molar-refractivity contribution in [1.29, 1.82) is 0 Å². The van der Waals surface area contributed by atoms with Crippen LogP contribution in [0.15, 0.2) is 60.8 Å². The minimum absolute atomic E-state index is 0.0220. The molecule has 6 nitrogen and oxygen atoms in total. The van der Waals surface area contributed by atoms with Crippen molar-refractivity contribution in [3.63, 3.8) is 0 Å². The fourth-order valence-corrected chi connectivity index (χ4v) is 4.23. The summed E-state index contributed by atoms with van der Waals surface area (Å²) in [5.41, 5.74) is 4.61. The van der Waals surface area contributed by atoms with Crippen molar-refractivity contribution in [3.05, 3.63) is 83.0 Å². The Labute approximate surface area is 181 Å². The number of carbonyl (C=O) groups is 2. The Hall–Kier alpha value is -3.51. The zero-order chi connectivity index (χ0) is 21.4. The monoisotopic (exact) mass is 412 g/mol. The smallest absolute Gasteiger partial charge is 0.251 e. The molecule has 2 heterocycles. The summed E-state index contributed by atoms with van der Waals surface area (Å²) in [6, 6.07) is 16.9. The van der Waals surface area contributed by atoms with Gasteiger partial charge in [-0.2, -0.15) is 0 Å². The van der Waals surface area contributed by atoms with E-state index in [4.69, 9.17) is 0 Å². The van der Waals surface area contributed by atoms with E-state index in [2.05, 4.69) is 27.1 Å². The van der Waals surface area contributed by atoms with Crippen molar-refractivity contribution in [1.82, 2.24) is 15.2 Å². The van der Waals surface area contributed by atoms with Crippen molar-refractivity contribution in [3.8, 4) is 11.1 Å². The number of hydrogen-bond donors (Lipinski definition) is 1. The summed E-state index contributed by atoms with van der Waals surface area (Å²) in [6.45, 7) is 4.34. The lowest BCUT2D eigenvalue weighted by molar-refractivity contribution is 0.0951. The molecule has 0 atom stereocenters. The minimum Gasteiger partial charge on any atom is -0.354 e. The predicted molar refractivity (Wildman–Crippen MR) is 120 cm³/mol. The molecule has 0 saturated carbocycles. The van der Waals surface area contributed by atoms with Gasteiger partial charge < -0.3 is 15.1 Å². The van der Waals surface area contributed by atoms with Crippen LogP contribution in [0, 0.1) is 0 Å². The van der Waals surface area contributed by atoms with Crippen molar-refractivity contribution in [2.24, 2.45) is 0 Å². The molecule has 1 N–H and O–H groups in total. The van der Waals surface area contributed by atoms with E-state index < -0.39 is 0 Å². The number of nitrogens with zero attached hydrogens (tertiary/aromatic N) is 3. The van der Waals surface area contributed by atoms with Crippen molar-refractivity contribution in [2.75, 3.05) is 38.1 Å². The molecule has 6 heteroatoms. The summed E-state index contributed by atoms with van der Waals surface area (Å²) in [4.78, 5) is 34.5. The molecule has 0 spiro atoms. The van der Waals surface area contributed by atoms with Gasteiger partial charge in [-0.1, -0.05) is 30.3 Å². The topological polar surface area (TPSA) is 65.5 Å². The van der Waals surface area contributed by atoms with Gasteiger partial charge >= 0.3 is 0 Å². The highest BCUT2D eigenvalue weighted by Crippen LogP contribution is 2.36. The lowest BCUT2D eigenvalue weighted by Gasteiger charge is -2.33. The molecule has 0 unspecified atom stereocenters. The third-order valence-electron chi connectivity index (χ3n) is 6.08. The highest BCUT2D eigenvalue weighted by Gasteiger charge is 2.27. The number of piperazine rings is 1. The van der Waals surface area contributed by atoms with Gasteiger partial charge in [0.15, 0.2) is 5.78 Å². The van der Waals surface area contributed by atoms with Crippen LogP contribution in [0.5, 0.6) is 0 Å². The molecular weight excluding hydrogens is 388 g/mol. The zero-order valence-corrected chi connectivity index (χ0v) is 17.5. The van der Waals surface area contributed by atoms with Crippen molar-refractivity contribution in [2.45, 2.75) is 6.54 Å². The largest absolute Gasteiger partial charge is 0.354 e. The van der Waals surface area contributed by atoms with Gasteiger partial charge in [0, 0.05) is 55.6 Å². The van der Waals surface area contributed by atoms with Gasteiger partial charge in [0.1, 0.15) is 5.82 Å². The number of hydrogen-bond acceptors (Lipinski definition) is 5. The number of pyridine rings is 1. The number of fused-ring (bicyclic) bond motifs is 3. The fraction of sp³-hybridized carbons (Fsp3) is 0.240. The molecule has 1 amide bonds. The Kier molecular flexibility index (Phi) is 5.00. The van der Waals surface area contributed by atoms with Gasteiger partial charge in [0.25, 0.3) is 5.91 Å². The van der Waals surface area contributed by atoms with Crippen LogP contribution in [0.4, 0.5) is 5.82 Å². The number of anilines is 1. The first-order valence-corrected chi connectivity index (χ1v) is 10.5. The van der Waals surface area contributed by atoms with Crippen LogP contribution < -0.4 is 10.2 Å². The maximum absolute atomic E-state index is 12.8. The van der Waals surface area contributed by atoms with E-state index in [1.807, 2.05) is 42.5 Å². The van der Waals surface area contributed by atoms with E-state index in [1.165, 1.54) is 0 Å². The lowest BCUT2D eigenvalue weighted by atomic mass is 10.0. The summed E-state index contributed by atoms with van der Waals surface area (Å²) in [7, 11) is 2.13. The average molecular weight is 412 g/mol. The van der Waals surface area contributed by atoms with E-state index in [1.54, 1.807) is 18.3 Å². The molecule has 1 aliphatic heterocycles. The van der Waals surface area contributed by atoms with Gasteiger partial charge in [0.2, 0.25) is 0 Å². The standard InChI is InChI=1S/C25H24N4O2/c1-28-10-12-29(13-11-28)23-14-17(8-9-26-23)16-27-25(31)18-6-7-20-19-4-2-3-5-21(19)24(30)22(20)15-18/h2-9,14-15H,10-13,16H2,1H3,(H,27,31). The van der Waals surface area contributed by atoms with Crippen LogP contribution in [0.1, 0.15) is 31.8 Å². The first-order valence-electron chi connectivity index (χ1n) is 10.5. The van der Waals surface area contributed by atoms with Gasteiger partial charge in [-0.25, -0.2) is 4.98 Å². The normalized spacial score (nSPS) is 15.5. The molecule has 1 aliphatic carbocycles. The Morgan fingerprint density at radius 3 is 2.48 bits per heavy atom. The molecule has 156 valence electrons. The fourth-order valence-electron chi connectivity index (χ4n) is 4.23. The lowest BCUT2D eigenvalue weighted by Crippen LogP contribution is -2.44. The summed E-state index contributed by atoms with van der Waals surface area (Å²) < 4.78 is 0. The minimum atomic E-state index is -0.190. The van der Waals surface area contributed by atoms with Gasteiger partial charge in [0.05, 0.1) is 0 Å². The molecule has 5 rings (SSSR count). The van der Waals surface area contributed by atoms with E-state index in [0.29, 0.717) is 23.2 Å². The molecule has 31 heavy (non-hydrogen) atoms. The van der Waals surface area contributed by atoms with Crippen LogP contribution in [0.25, 0.3) is 11.1 Å². The number of aromatic nitrogens is 1. The Morgan fingerprint density at radius 1 is 0.935 bits per heavy atom. The van der Waals surface area contributed by atoms with E-state index in [0.717, 1.165) is 48.7 Å². The predicted octanol–water partition coefficient (Wildman–Crippen LogP) is 2.97. The highest BCUT2D eigenvalue weighted by atomic mass is 16.1. The van der Waals surface area contributed by atoms with Crippen LogP contribution in [0.3, 0.4) is 0 Å². The SMILES string of the molecule is CN1CCN(c2cc(CNC(=O)c3ccc4c(c3)C(=O)c3ccccc3-4)ccn2)CC1. The Bertz CT molecular complexity index is 1170. The maximum atomic E-state index is 12.8. The third-order valence-corrected chi connectivity index (χ3v) is 6.08. The van der Waals surface area contributed by atoms with Crippen molar-refractivity contribution < 1.29 is 9.59 Å². The third kappa shape index (κ3) is 3.70. The van der Waals surface area contributed by atoms with Crippen LogP contribution in [0.2, 0.25) is 0 Å². The molecule has 1 saturated heterocycles. The Balaban J connectivity index is 1.28. The second-order valence-electron chi connectivity index (χ2n) is 8.13. The number of carbonyl (C=O) groups excluding carboxylic acids is 2. The number of likely N-dealkylation sites (N-methyl/N-ethyl adjacent to an activating group) is 1. The van der Waals surface area contributed by atoms with E-state index in [9.17, 15) is 9.59 Å². The van der Waals surface area contributed by atoms with Gasteiger partial charge in [-0.15, -0.1) is 0 Å². The second kappa shape index (κ2) is 7.96. The summed E-state index contributed by atoms with van der Waals surface area (Å²) in [5.74, 6) is 0.733. The summed E-state index contributed by atoms with van der Waals surface area (Å²) >= 11 is 0. The molecule has 2 aromatic carbocycles. The number of rotatable bonds is 4. The zero-order valence-electron chi connectivity index (χ0n) is 17.5. The quantitative estimate of drug-likeness (QED) is 0.558. The Morgan fingerprint density at radius 2 is 1.68 bits per heavy atom. The first kappa shape index (κ1) is 19.5. The number of ketones is 1. The molecular formula is C25H24N4O2. The maximum Gasteiger partial charge on any atom is 0.251 e. The summed E-state index contributed by atoms with van der Waals surface area (Å²) in [5, 5.41) is 2.97. The van der Waals surface area contributed by atoms with Crippen LogP contribution in [-0.2, 0) is 6.54 Å². The molecule has 3 aromatic rings. The molecule has 1 aromatic heterocycles. The number of benzene rings is 2. The highest BCUT2D eigenvalue weighted by molar-refractivity contribution is 6.22. The number of nitrogens with one attached hydrogen (secondary N) is 1. The van der Waals surface area contributed by atoms with Gasteiger partial charge in [-0.05, 0) is 48.0 Å². The van der Waals surface area contributed by atoms with Crippen LogP contribution >= 0.6 is 0 Å². The first-order chi connectivity index (χ1) is 15.1. The second-order valence-corrected chi connectivity index (χ2v) is 8.13. The average Bonchev–Trinajstić information content (AvgIpc) is 3.10. The van der Waals surface area contributed by atoms with Crippen LogP contribution in [-0.4, -0.2) is 54.8 Å². The molecule has 0 radical (unpaired) electrons. The molecule has 2 aliphatic rings. The summed E-state index contributed by atoms with van der Waals surface area (Å²) in [6.07, 6.45) is 1.79. The van der Waals surface area contributed by atoms with Gasteiger partial charge in [-0.3, -0.25) is 9.59 Å². The van der Waals surface area contributed by atoms with E-state index >= 15 is 0 Å². The molecule has 1 fully saturated rings. The molecule has 0 bridgehead atoms. The van der Waals surface area contributed by atoms with E-state index in [-0.39, 0.29) is 11.7 Å². The number of amides is 1.